The van der Waals surface area contributed by atoms with E-state index in [0.29, 0.717) is 22.9 Å². The minimum Gasteiger partial charge on any atom is -0.483 e. The lowest BCUT2D eigenvalue weighted by atomic mass is 10.1. The lowest BCUT2D eigenvalue weighted by Crippen LogP contribution is -2.45. The Morgan fingerprint density at radius 3 is 2.76 bits per heavy atom. The van der Waals surface area contributed by atoms with Crippen molar-refractivity contribution in [2.45, 2.75) is 26.4 Å². The van der Waals surface area contributed by atoms with E-state index < -0.39 is 5.60 Å². The number of ether oxygens (including phenoxy) is 2. The second kappa shape index (κ2) is 6.47. The topological polar surface area (TPSA) is 76.7 Å². The Labute approximate surface area is 146 Å². The quantitative estimate of drug-likeness (QED) is 0.896. The van der Waals surface area contributed by atoms with Gasteiger partial charge in [-0.3, -0.25) is 9.59 Å². The summed E-state index contributed by atoms with van der Waals surface area (Å²) in [5.41, 5.74) is 1.13. The molecule has 0 spiro atoms. The highest BCUT2D eigenvalue weighted by molar-refractivity contribution is 6.01. The summed E-state index contributed by atoms with van der Waals surface area (Å²) in [6.45, 7) is 5.21. The van der Waals surface area contributed by atoms with Crippen LogP contribution in [0.4, 0.5) is 11.4 Å². The summed E-state index contributed by atoms with van der Waals surface area (Å²) < 4.78 is 11.2. The normalized spacial score (nSPS) is 14.8. The third kappa shape index (κ3) is 3.74. The summed E-state index contributed by atoms with van der Waals surface area (Å²) in [6.07, 6.45) is 0. The Kier molecular flexibility index (Phi) is 4.35. The zero-order valence-corrected chi connectivity index (χ0v) is 14.4. The molecule has 130 valence electrons. The van der Waals surface area contributed by atoms with Gasteiger partial charge in [-0.2, -0.15) is 0 Å². The van der Waals surface area contributed by atoms with Gasteiger partial charge in [0.25, 0.3) is 11.8 Å². The summed E-state index contributed by atoms with van der Waals surface area (Å²) in [5.74, 6) is 0.725. The number of nitrogens with one attached hydrogen (secondary N) is 2. The number of rotatable bonds is 4. The second-order valence-electron chi connectivity index (χ2n) is 6.38. The van der Waals surface area contributed by atoms with Crippen LogP contribution in [0.3, 0.4) is 0 Å². The minimum absolute atomic E-state index is 0.0994. The predicted octanol–water partition coefficient (Wildman–Crippen LogP) is 3.12. The fourth-order valence-electron chi connectivity index (χ4n) is 2.45. The first-order valence-electron chi connectivity index (χ1n) is 7.98. The molecule has 0 aliphatic carbocycles. The van der Waals surface area contributed by atoms with E-state index in [-0.39, 0.29) is 18.4 Å². The zero-order valence-electron chi connectivity index (χ0n) is 14.4. The molecule has 0 saturated carbocycles. The Bertz CT molecular complexity index is 830. The molecular weight excluding hydrogens is 320 g/mol. The van der Waals surface area contributed by atoms with E-state index in [9.17, 15) is 9.59 Å². The molecule has 2 aromatic carbocycles. The maximum atomic E-state index is 12.1. The van der Waals surface area contributed by atoms with Crippen LogP contribution < -0.4 is 20.1 Å². The molecule has 1 aliphatic rings. The van der Waals surface area contributed by atoms with E-state index >= 15 is 0 Å². The number of fused-ring (bicyclic) bond motifs is 1. The van der Waals surface area contributed by atoms with Crippen LogP contribution >= 0.6 is 0 Å². The van der Waals surface area contributed by atoms with Crippen molar-refractivity contribution in [1.29, 1.82) is 0 Å². The fraction of sp³-hybridized carbons (Fsp3) is 0.263. The SMILES string of the molecule is Cc1ccccc1OCC(=O)Nc1ccc2c(c1)NC(=O)C(C)(C)O2. The number of anilines is 2. The average molecular weight is 340 g/mol. The van der Waals surface area contributed by atoms with Crippen LogP contribution in [0.5, 0.6) is 11.5 Å². The van der Waals surface area contributed by atoms with Gasteiger partial charge in [0.2, 0.25) is 0 Å². The van der Waals surface area contributed by atoms with Crippen LogP contribution in [-0.2, 0) is 9.59 Å². The van der Waals surface area contributed by atoms with Crippen molar-refractivity contribution < 1.29 is 19.1 Å². The molecule has 3 rings (SSSR count). The molecule has 0 atom stereocenters. The van der Waals surface area contributed by atoms with Crippen molar-refractivity contribution in [2.24, 2.45) is 0 Å². The van der Waals surface area contributed by atoms with Gasteiger partial charge in [0.1, 0.15) is 11.5 Å². The largest absolute Gasteiger partial charge is 0.483 e. The number of hydrogen-bond acceptors (Lipinski definition) is 4. The van der Waals surface area contributed by atoms with Crippen LogP contribution in [0.1, 0.15) is 19.4 Å². The highest BCUT2D eigenvalue weighted by Gasteiger charge is 2.35. The predicted molar refractivity (Wildman–Crippen MR) is 95.1 cm³/mol. The van der Waals surface area contributed by atoms with Gasteiger partial charge in [-0.15, -0.1) is 0 Å². The van der Waals surface area contributed by atoms with Crippen molar-refractivity contribution in [2.75, 3.05) is 17.2 Å². The first kappa shape index (κ1) is 16.8. The van der Waals surface area contributed by atoms with Gasteiger partial charge in [0, 0.05) is 5.69 Å². The third-order valence-corrected chi connectivity index (χ3v) is 3.88. The van der Waals surface area contributed by atoms with Crippen molar-refractivity contribution in [3.63, 3.8) is 0 Å². The van der Waals surface area contributed by atoms with Crippen LogP contribution in [0, 0.1) is 6.92 Å². The van der Waals surface area contributed by atoms with E-state index in [1.165, 1.54) is 0 Å². The van der Waals surface area contributed by atoms with Gasteiger partial charge in [-0.05, 0) is 50.6 Å². The van der Waals surface area contributed by atoms with E-state index in [4.69, 9.17) is 9.47 Å². The first-order chi connectivity index (χ1) is 11.8. The number of hydrogen-bond donors (Lipinski definition) is 2. The van der Waals surface area contributed by atoms with Crippen LogP contribution in [0.2, 0.25) is 0 Å². The van der Waals surface area contributed by atoms with Crippen LogP contribution in [0.25, 0.3) is 0 Å². The zero-order chi connectivity index (χ0) is 18.0. The lowest BCUT2D eigenvalue weighted by Gasteiger charge is -2.31. The van der Waals surface area contributed by atoms with Crippen LogP contribution in [-0.4, -0.2) is 24.0 Å². The average Bonchev–Trinajstić information content (AvgIpc) is 2.55. The number of para-hydroxylation sites is 1. The van der Waals surface area contributed by atoms with Crippen molar-refractivity contribution in [1.82, 2.24) is 0 Å². The van der Waals surface area contributed by atoms with Gasteiger partial charge in [0.15, 0.2) is 12.2 Å². The number of carbonyl (C=O) groups excluding carboxylic acids is 2. The third-order valence-electron chi connectivity index (χ3n) is 3.88. The van der Waals surface area contributed by atoms with Gasteiger partial charge in [-0.25, -0.2) is 0 Å². The molecule has 2 N–H and O–H groups in total. The van der Waals surface area contributed by atoms with Crippen molar-refractivity contribution >= 4 is 23.2 Å². The monoisotopic (exact) mass is 340 g/mol. The maximum Gasteiger partial charge on any atom is 0.268 e. The van der Waals surface area contributed by atoms with E-state index in [0.717, 1.165) is 5.56 Å². The molecule has 1 heterocycles. The van der Waals surface area contributed by atoms with Crippen molar-refractivity contribution in [3.05, 3.63) is 48.0 Å². The van der Waals surface area contributed by atoms with E-state index in [1.807, 2.05) is 31.2 Å². The Morgan fingerprint density at radius 1 is 1.24 bits per heavy atom. The van der Waals surface area contributed by atoms with E-state index in [1.54, 1.807) is 32.0 Å². The Morgan fingerprint density at radius 2 is 2.00 bits per heavy atom. The summed E-state index contributed by atoms with van der Waals surface area (Å²) in [7, 11) is 0. The maximum absolute atomic E-state index is 12.1. The molecule has 0 unspecified atom stereocenters. The van der Waals surface area contributed by atoms with Crippen LogP contribution in [0.15, 0.2) is 42.5 Å². The molecule has 25 heavy (non-hydrogen) atoms. The number of amides is 2. The Hall–Kier alpha value is -3.02. The van der Waals surface area contributed by atoms with E-state index in [2.05, 4.69) is 10.6 Å². The molecule has 6 heteroatoms. The summed E-state index contributed by atoms with van der Waals surface area (Å²) in [4.78, 5) is 24.0. The molecule has 1 aliphatic heterocycles. The van der Waals surface area contributed by atoms with Gasteiger partial charge < -0.3 is 20.1 Å². The number of aryl methyl sites for hydroxylation is 1. The molecule has 6 nitrogen and oxygen atoms in total. The molecule has 0 bridgehead atoms. The second-order valence-corrected chi connectivity index (χ2v) is 6.38. The first-order valence-corrected chi connectivity index (χ1v) is 7.98. The number of benzene rings is 2. The highest BCUT2D eigenvalue weighted by atomic mass is 16.5. The number of carbonyl (C=O) groups is 2. The molecule has 2 aromatic rings. The smallest absolute Gasteiger partial charge is 0.268 e. The summed E-state index contributed by atoms with van der Waals surface area (Å²) >= 11 is 0. The molecule has 2 amide bonds. The highest BCUT2D eigenvalue weighted by Crippen LogP contribution is 2.35. The molecule has 0 saturated heterocycles. The minimum atomic E-state index is -0.918. The van der Waals surface area contributed by atoms with Gasteiger partial charge in [0.05, 0.1) is 5.69 Å². The van der Waals surface area contributed by atoms with Crippen molar-refractivity contribution in [3.8, 4) is 11.5 Å². The molecular formula is C19H20N2O4. The fourth-order valence-corrected chi connectivity index (χ4v) is 2.45. The molecule has 0 fully saturated rings. The van der Waals surface area contributed by atoms with Gasteiger partial charge >= 0.3 is 0 Å². The Balaban J connectivity index is 1.64. The van der Waals surface area contributed by atoms with Gasteiger partial charge in [-0.1, -0.05) is 18.2 Å². The molecule has 0 aromatic heterocycles. The summed E-state index contributed by atoms with van der Waals surface area (Å²) in [5, 5.41) is 5.53. The standard InChI is InChI=1S/C19H20N2O4/c1-12-6-4-5-7-15(12)24-11-17(22)20-13-8-9-16-14(10-13)21-18(23)19(2,3)25-16/h4-10H,11H2,1-3H3,(H,20,22)(H,21,23). The lowest BCUT2D eigenvalue weighted by molar-refractivity contribution is -0.129. The summed E-state index contributed by atoms with van der Waals surface area (Å²) in [6, 6.07) is 12.6. The molecule has 0 radical (unpaired) electrons.